The number of likely N-dealkylation sites (tertiary alicyclic amines) is 1. The maximum absolute atomic E-state index is 3.97. The Hall–Kier alpha value is -1.28. The normalized spacial score (nSPS) is 31.9. The van der Waals surface area contributed by atoms with Gasteiger partial charge in [-0.05, 0) is 44.9 Å². The first-order chi connectivity index (χ1) is 9.07. The SMILES string of the molecule is C=CC[C@]1(Nc2ccccc2)C[C@H](C)N(C)C[C@@H]1C. The van der Waals surface area contributed by atoms with Crippen LogP contribution in [0.2, 0.25) is 0 Å². The van der Waals surface area contributed by atoms with E-state index in [-0.39, 0.29) is 5.54 Å². The first kappa shape index (κ1) is 14.1. The topological polar surface area (TPSA) is 15.3 Å². The molecule has 2 rings (SSSR count). The Labute approximate surface area is 117 Å². The molecule has 104 valence electrons. The van der Waals surface area contributed by atoms with Crippen LogP contribution >= 0.6 is 0 Å². The van der Waals surface area contributed by atoms with Gasteiger partial charge in [0.1, 0.15) is 0 Å². The van der Waals surface area contributed by atoms with Gasteiger partial charge in [-0.15, -0.1) is 6.58 Å². The summed E-state index contributed by atoms with van der Waals surface area (Å²) < 4.78 is 0. The molecule has 3 atom stereocenters. The van der Waals surface area contributed by atoms with Gasteiger partial charge in [-0.3, -0.25) is 0 Å². The van der Waals surface area contributed by atoms with Crippen LogP contribution in [0.5, 0.6) is 0 Å². The summed E-state index contributed by atoms with van der Waals surface area (Å²) >= 11 is 0. The van der Waals surface area contributed by atoms with Crippen molar-refractivity contribution in [2.45, 2.75) is 38.3 Å². The Morgan fingerprint density at radius 2 is 2.05 bits per heavy atom. The molecule has 1 aromatic rings. The van der Waals surface area contributed by atoms with Crippen LogP contribution in [-0.4, -0.2) is 30.1 Å². The number of nitrogens with zero attached hydrogens (tertiary/aromatic N) is 1. The molecule has 0 saturated carbocycles. The highest BCUT2D eigenvalue weighted by molar-refractivity contribution is 5.46. The average molecular weight is 258 g/mol. The summed E-state index contributed by atoms with van der Waals surface area (Å²) in [5.74, 6) is 0.604. The van der Waals surface area contributed by atoms with Crippen LogP contribution in [0.4, 0.5) is 5.69 Å². The summed E-state index contributed by atoms with van der Waals surface area (Å²) in [5.41, 5.74) is 1.35. The predicted octanol–water partition coefficient (Wildman–Crippen LogP) is 3.77. The van der Waals surface area contributed by atoms with Crippen LogP contribution in [0.15, 0.2) is 43.0 Å². The zero-order valence-electron chi connectivity index (χ0n) is 12.4. The average Bonchev–Trinajstić information content (AvgIpc) is 2.38. The quantitative estimate of drug-likeness (QED) is 0.827. The van der Waals surface area contributed by atoms with E-state index >= 15 is 0 Å². The standard InChI is InChI=1S/C17H26N2/c1-5-11-17(18-16-9-7-6-8-10-16)12-15(3)19(4)13-14(17)2/h5-10,14-15,18H,1,11-13H2,2-4H3/t14-,15-,17-/m0/s1. The second-order valence-corrected chi connectivity index (χ2v) is 6.03. The lowest BCUT2D eigenvalue weighted by Gasteiger charge is -2.49. The van der Waals surface area contributed by atoms with Crippen molar-refractivity contribution < 1.29 is 0 Å². The van der Waals surface area contributed by atoms with E-state index in [0.717, 1.165) is 19.4 Å². The van der Waals surface area contributed by atoms with E-state index in [9.17, 15) is 0 Å². The van der Waals surface area contributed by atoms with Gasteiger partial charge in [-0.25, -0.2) is 0 Å². The first-order valence-electron chi connectivity index (χ1n) is 7.22. The number of nitrogens with one attached hydrogen (secondary N) is 1. The highest BCUT2D eigenvalue weighted by Gasteiger charge is 2.41. The number of piperidine rings is 1. The number of rotatable bonds is 4. The Balaban J connectivity index is 2.24. The molecule has 1 saturated heterocycles. The van der Waals surface area contributed by atoms with Gasteiger partial charge in [0.05, 0.1) is 0 Å². The summed E-state index contributed by atoms with van der Waals surface area (Å²) in [6.45, 7) is 9.77. The molecule has 1 heterocycles. The molecule has 0 radical (unpaired) electrons. The van der Waals surface area contributed by atoms with Gasteiger partial charge in [-0.1, -0.05) is 31.2 Å². The fourth-order valence-electron chi connectivity index (χ4n) is 3.25. The summed E-state index contributed by atoms with van der Waals surface area (Å²) in [5, 5.41) is 3.80. The van der Waals surface area contributed by atoms with Crippen molar-refractivity contribution in [1.82, 2.24) is 4.90 Å². The van der Waals surface area contributed by atoms with Gasteiger partial charge in [-0.2, -0.15) is 0 Å². The van der Waals surface area contributed by atoms with Crippen molar-refractivity contribution in [3.8, 4) is 0 Å². The summed E-state index contributed by atoms with van der Waals surface area (Å²) in [6.07, 6.45) is 4.23. The molecule has 0 unspecified atom stereocenters. The number of para-hydroxylation sites is 1. The minimum absolute atomic E-state index is 0.134. The van der Waals surface area contributed by atoms with Crippen LogP contribution in [0.1, 0.15) is 26.7 Å². The van der Waals surface area contributed by atoms with Crippen molar-refractivity contribution in [2.24, 2.45) is 5.92 Å². The molecule has 1 N–H and O–H groups in total. The molecule has 1 aliphatic rings. The molecule has 1 fully saturated rings. The van der Waals surface area contributed by atoms with E-state index in [1.165, 1.54) is 5.69 Å². The van der Waals surface area contributed by atoms with Gasteiger partial charge < -0.3 is 10.2 Å². The Morgan fingerprint density at radius 3 is 2.68 bits per heavy atom. The largest absolute Gasteiger partial charge is 0.379 e. The van der Waals surface area contributed by atoms with Crippen LogP contribution in [0.3, 0.4) is 0 Å². The third-order valence-corrected chi connectivity index (χ3v) is 4.59. The van der Waals surface area contributed by atoms with Crippen LogP contribution < -0.4 is 5.32 Å². The lowest BCUT2D eigenvalue weighted by Crippen LogP contribution is -2.57. The Bertz CT molecular complexity index is 415. The second-order valence-electron chi connectivity index (χ2n) is 6.03. The number of hydrogen-bond donors (Lipinski definition) is 1. The fraction of sp³-hybridized carbons (Fsp3) is 0.529. The summed E-state index contributed by atoms with van der Waals surface area (Å²) in [7, 11) is 2.22. The molecule has 19 heavy (non-hydrogen) atoms. The highest BCUT2D eigenvalue weighted by atomic mass is 15.2. The maximum Gasteiger partial charge on any atom is 0.0460 e. The van der Waals surface area contributed by atoms with Gasteiger partial charge in [0.2, 0.25) is 0 Å². The molecule has 1 aliphatic heterocycles. The van der Waals surface area contributed by atoms with E-state index in [1.54, 1.807) is 0 Å². The van der Waals surface area contributed by atoms with Gasteiger partial charge in [0.15, 0.2) is 0 Å². The van der Waals surface area contributed by atoms with E-state index in [0.29, 0.717) is 12.0 Å². The van der Waals surface area contributed by atoms with Crippen LogP contribution in [0, 0.1) is 5.92 Å². The molecular weight excluding hydrogens is 232 g/mol. The monoisotopic (exact) mass is 258 g/mol. The van der Waals surface area contributed by atoms with E-state index < -0.39 is 0 Å². The number of hydrogen-bond acceptors (Lipinski definition) is 2. The first-order valence-corrected chi connectivity index (χ1v) is 7.22. The molecule has 0 aromatic heterocycles. The van der Waals surface area contributed by atoms with Crippen LogP contribution in [0.25, 0.3) is 0 Å². The van der Waals surface area contributed by atoms with E-state index in [2.05, 4.69) is 74.1 Å². The lowest BCUT2D eigenvalue weighted by molar-refractivity contribution is 0.0928. The Kier molecular flexibility index (Phi) is 4.31. The summed E-state index contributed by atoms with van der Waals surface area (Å²) in [4.78, 5) is 2.46. The molecule has 0 aliphatic carbocycles. The lowest BCUT2D eigenvalue weighted by atomic mass is 9.73. The fourth-order valence-corrected chi connectivity index (χ4v) is 3.25. The minimum atomic E-state index is 0.134. The smallest absolute Gasteiger partial charge is 0.0460 e. The van der Waals surface area contributed by atoms with Crippen molar-refractivity contribution in [2.75, 3.05) is 18.9 Å². The van der Waals surface area contributed by atoms with Gasteiger partial charge in [0.25, 0.3) is 0 Å². The van der Waals surface area contributed by atoms with E-state index in [1.807, 2.05) is 0 Å². The predicted molar refractivity (Wildman–Crippen MR) is 83.5 cm³/mol. The maximum atomic E-state index is 3.97. The molecule has 2 heteroatoms. The zero-order chi connectivity index (χ0) is 13.9. The van der Waals surface area contributed by atoms with Gasteiger partial charge >= 0.3 is 0 Å². The number of benzene rings is 1. The van der Waals surface area contributed by atoms with Crippen molar-refractivity contribution in [1.29, 1.82) is 0 Å². The molecule has 0 bridgehead atoms. The summed E-state index contributed by atoms with van der Waals surface area (Å²) in [6, 6.07) is 11.2. The van der Waals surface area contributed by atoms with Crippen molar-refractivity contribution in [3.63, 3.8) is 0 Å². The second kappa shape index (κ2) is 5.79. The molecule has 1 aromatic carbocycles. The third-order valence-electron chi connectivity index (χ3n) is 4.59. The van der Waals surface area contributed by atoms with E-state index in [4.69, 9.17) is 0 Å². The minimum Gasteiger partial charge on any atom is -0.379 e. The van der Waals surface area contributed by atoms with Crippen molar-refractivity contribution >= 4 is 5.69 Å². The van der Waals surface area contributed by atoms with Crippen LogP contribution in [-0.2, 0) is 0 Å². The molecule has 0 spiro atoms. The molecular formula is C17H26N2. The highest BCUT2D eigenvalue weighted by Crippen LogP contribution is 2.37. The number of anilines is 1. The van der Waals surface area contributed by atoms with Crippen molar-refractivity contribution in [3.05, 3.63) is 43.0 Å². The molecule has 2 nitrogen and oxygen atoms in total. The zero-order valence-corrected chi connectivity index (χ0v) is 12.4. The Morgan fingerprint density at radius 1 is 1.37 bits per heavy atom. The molecule has 0 amide bonds. The van der Waals surface area contributed by atoms with Gasteiger partial charge in [0, 0.05) is 23.8 Å². The third kappa shape index (κ3) is 3.01.